The van der Waals surface area contributed by atoms with Gasteiger partial charge >= 0.3 is 5.97 Å². The SMILES string of the molecule is COc1ccc(C=NOCC(=O)OCc2csc(CC(=O)Nc3ccc(C)cc3)n2)cc1. The van der Waals surface area contributed by atoms with Gasteiger partial charge in [-0.3, -0.25) is 4.79 Å². The highest BCUT2D eigenvalue weighted by Crippen LogP contribution is 2.14. The summed E-state index contributed by atoms with van der Waals surface area (Å²) in [5.41, 5.74) is 3.24. The van der Waals surface area contributed by atoms with Crippen molar-refractivity contribution >= 4 is 35.1 Å². The third-order valence-corrected chi connectivity index (χ3v) is 5.10. The number of benzene rings is 2. The highest BCUT2D eigenvalue weighted by Gasteiger charge is 2.10. The molecule has 1 aromatic heterocycles. The number of aryl methyl sites for hydroxylation is 1. The molecule has 0 bridgehead atoms. The molecule has 0 aliphatic heterocycles. The van der Waals surface area contributed by atoms with Gasteiger partial charge in [0.05, 0.1) is 25.4 Å². The Bertz CT molecular complexity index is 1060. The van der Waals surface area contributed by atoms with E-state index in [9.17, 15) is 9.59 Å². The van der Waals surface area contributed by atoms with Gasteiger partial charge in [-0.25, -0.2) is 9.78 Å². The molecule has 166 valence electrons. The molecular formula is C23H23N3O5S. The molecule has 3 rings (SSSR count). The molecule has 32 heavy (non-hydrogen) atoms. The van der Waals surface area contributed by atoms with Crippen LogP contribution in [-0.2, 0) is 32.2 Å². The summed E-state index contributed by atoms with van der Waals surface area (Å²) in [7, 11) is 1.59. The number of anilines is 1. The van der Waals surface area contributed by atoms with E-state index in [0.29, 0.717) is 10.7 Å². The third kappa shape index (κ3) is 7.51. The van der Waals surface area contributed by atoms with E-state index in [1.54, 1.807) is 24.6 Å². The molecule has 0 fully saturated rings. The molecule has 0 aliphatic carbocycles. The molecule has 0 radical (unpaired) electrons. The number of hydrogen-bond donors (Lipinski definition) is 1. The number of amides is 1. The summed E-state index contributed by atoms with van der Waals surface area (Å²) >= 11 is 1.34. The van der Waals surface area contributed by atoms with E-state index in [4.69, 9.17) is 14.3 Å². The topological polar surface area (TPSA) is 99.1 Å². The normalized spacial score (nSPS) is 10.7. The Hall–Kier alpha value is -3.72. The number of thiazole rings is 1. The van der Waals surface area contributed by atoms with Crippen LogP contribution >= 0.6 is 11.3 Å². The number of nitrogens with one attached hydrogen (secondary N) is 1. The lowest BCUT2D eigenvalue weighted by atomic mass is 10.2. The van der Waals surface area contributed by atoms with E-state index < -0.39 is 5.97 Å². The summed E-state index contributed by atoms with van der Waals surface area (Å²) in [5.74, 6) is 0.0159. The largest absolute Gasteiger partial charge is 0.497 e. The van der Waals surface area contributed by atoms with Gasteiger partial charge in [0, 0.05) is 11.1 Å². The molecule has 9 heteroatoms. The van der Waals surface area contributed by atoms with Gasteiger partial charge in [0.15, 0.2) is 0 Å². The van der Waals surface area contributed by atoms with Gasteiger partial charge in [-0.05, 0) is 48.9 Å². The summed E-state index contributed by atoms with van der Waals surface area (Å²) < 4.78 is 10.2. The monoisotopic (exact) mass is 453 g/mol. The second-order valence-electron chi connectivity index (χ2n) is 6.77. The van der Waals surface area contributed by atoms with Crippen molar-refractivity contribution in [1.82, 2.24) is 4.98 Å². The fourth-order valence-electron chi connectivity index (χ4n) is 2.55. The number of carbonyl (C=O) groups excluding carboxylic acids is 2. The highest BCUT2D eigenvalue weighted by molar-refractivity contribution is 7.09. The van der Waals surface area contributed by atoms with Crippen molar-refractivity contribution in [3.63, 3.8) is 0 Å². The number of rotatable bonds is 10. The maximum atomic E-state index is 12.2. The molecule has 2 aromatic carbocycles. The zero-order valence-corrected chi connectivity index (χ0v) is 18.6. The molecule has 0 saturated heterocycles. The van der Waals surface area contributed by atoms with Gasteiger partial charge in [-0.1, -0.05) is 22.9 Å². The van der Waals surface area contributed by atoms with Crippen molar-refractivity contribution in [2.24, 2.45) is 5.16 Å². The van der Waals surface area contributed by atoms with Crippen molar-refractivity contribution in [2.45, 2.75) is 20.0 Å². The van der Waals surface area contributed by atoms with Crippen molar-refractivity contribution < 1.29 is 23.9 Å². The predicted octanol–water partition coefficient (Wildman–Crippen LogP) is 3.74. The van der Waals surface area contributed by atoms with Gasteiger partial charge < -0.3 is 19.6 Å². The Morgan fingerprint density at radius 1 is 1.12 bits per heavy atom. The van der Waals surface area contributed by atoms with Crippen LogP contribution < -0.4 is 10.1 Å². The van der Waals surface area contributed by atoms with Crippen LogP contribution in [0.1, 0.15) is 21.8 Å². The van der Waals surface area contributed by atoms with Crippen LogP contribution in [0.15, 0.2) is 59.1 Å². The highest BCUT2D eigenvalue weighted by atomic mass is 32.1. The lowest BCUT2D eigenvalue weighted by molar-refractivity contribution is -0.150. The molecule has 0 unspecified atom stereocenters. The minimum atomic E-state index is -0.566. The minimum absolute atomic E-state index is 0.000465. The zero-order chi connectivity index (χ0) is 22.8. The maximum Gasteiger partial charge on any atom is 0.347 e. The zero-order valence-electron chi connectivity index (χ0n) is 17.7. The summed E-state index contributed by atoms with van der Waals surface area (Å²) in [6, 6.07) is 14.8. The Morgan fingerprint density at radius 2 is 1.88 bits per heavy atom. The van der Waals surface area contributed by atoms with Crippen molar-refractivity contribution in [1.29, 1.82) is 0 Å². The van der Waals surface area contributed by atoms with Gasteiger partial charge in [-0.2, -0.15) is 0 Å². The Kier molecular flexibility index (Phi) is 8.33. The summed E-state index contributed by atoms with van der Waals surface area (Å²) in [6.45, 7) is 1.67. The fraction of sp³-hybridized carbons (Fsp3) is 0.217. The molecular weight excluding hydrogens is 430 g/mol. The number of nitrogens with zero attached hydrogens (tertiary/aromatic N) is 2. The number of methoxy groups -OCH3 is 1. The molecule has 1 amide bonds. The standard InChI is InChI=1S/C23H23N3O5S/c1-16-3-7-18(8-4-16)25-21(27)11-22-26-19(15-32-22)13-30-23(28)14-31-24-12-17-5-9-20(29-2)10-6-17/h3-10,12,15H,11,13-14H2,1-2H3,(H,25,27). The third-order valence-electron chi connectivity index (χ3n) is 4.20. The first kappa shape index (κ1) is 23.0. The molecule has 3 aromatic rings. The van der Waals surface area contributed by atoms with Crippen LogP contribution in [-0.4, -0.2) is 36.8 Å². The molecule has 1 N–H and O–H groups in total. The molecule has 0 spiro atoms. The second-order valence-corrected chi connectivity index (χ2v) is 7.71. The lowest BCUT2D eigenvalue weighted by Crippen LogP contribution is -2.14. The molecule has 0 atom stereocenters. The van der Waals surface area contributed by atoms with E-state index in [1.807, 2.05) is 43.3 Å². The molecule has 8 nitrogen and oxygen atoms in total. The van der Waals surface area contributed by atoms with Crippen LogP contribution in [0.3, 0.4) is 0 Å². The number of esters is 1. The molecule has 0 aliphatic rings. The second kappa shape index (κ2) is 11.6. The van der Waals surface area contributed by atoms with E-state index in [1.165, 1.54) is 17.6 Å². The summed E-state index contributed by atoms with van der Waals surface area (Å²) in [5, 5.41) is 8.97. The van der Waals surface area contributed by atoms with Crippen LogP contribution in [0.2, 0.25) is 0 Å². The number of carbonyl (C=O) groups is 2. The van der Waals surface area contributed by atoms with E-state index >= 15 is 0 Å². The van der Waals surface area contributed by atoms with Crippen LogP contribution in [0.4, 0.5) is 5.69 Å². The fourth-order valence-corrected chi connectivity index (χ4v) is 3.33. The predicted molar refractivity (Wildman–Crippen MR) is 122 cm³/mol. The number of hydrogen-bond acceptors (Lipinski definition) is 8. The maximum absolute atomic E-state index is 12.2. The number of oxime groups is 1. The van der Waals surface area contributed by atoms with Crippen LogP contribution in [0.25, 0.3) is 0 Å². The van der Waals surface area contributed by atoms with E-state index in [0.717, 1.165) is 22.6 Å². The quantitative estimate of drug-likeness (QED) is 0.285. The first-order chi connectivity index (χ1) is 15.5. The Morgan fingerprint density at radius 3 is 2.59 bits per heavy atom. The molecule has 0 saturated carbocycles. The average molecular weight is 454 g/mol. The van der Waals surface area contributed by atoms with Gasteiger partial charge in [-0.15, -0.1) is 11.3 Å². The summed E-state index contributed by atoms with van der Waals surface area (Å²) in [6.07, 6.45) is 1.64. The van der Waals surface area contributed by atoms with Gasteiger partial charge in [0.25, 0.3) is 0 Å². The first-order valence-electron chi connectivity index (χ1n) is 9.76. The van der Waals surface area contributed by atoms with E-state index in [2.05, 4.69) is 15.5 Å². The van der Waals surface area contributed by atoms with Crippen molar-refractivity contribution in [3.05, 3.63) is 75.7 Å². The first-order valence-corrected chi connectivity index (χ1v) is 10.6. The lowest BCUT2D eigenvalue weighted by Gasteiger charge is -2.04. The van der Waals surface area contributed by atoms with Crippen molar-refractivity contribution in [2.75, 3.05) is 19.0 Å². The summed E-state index contributed by atoms with van der Waals surface area (Å²) in [4.78, 5) is 33.2. The van der Waals surface area contributed by atoms with Crippen LogP contribution in [0, 0.1) is 6.92 Å². The van der Waals surface area contributed by atoms with Gasteiger partial charge in [0.1, 0.15) is 17.4 Å². The Labute approximate surface area is 189 Å². The average Bonchev–Trinajstić information content (AvgIpc) is 3.24. The number of aromatic nitrogens is 1. The number of ether oxygens (including phenoxy) is 2. The Balaban J connectivity index is 1.36. The molecule has 1 heterocycles. The minimum Gasteiger partial charge on any atom is -0.497 e. The van der Waals surface area contributed by atoms with Crippen LogP contribution in [0.5, 0.6) is 5.75 Å². The van der Waals surface area contributed by atoms with E-state index in [-0.39, 0.29) is 25.5 Å². The van der Waals surface area contributed by atoms with Gasteiger partial charge in [0.2, 0.25) is 12.5 Å². The smallest absolute Gasteiger partial charge is 0.347 e. The van der Waals surface area contributed by atoms with Crippen molar-refractivity contribution in [3.8, 4) is 5.75 Å².